The van der Waals surface area contributed by atoms with Crippen LogP contribution < -0.4 is 19.5 Å². The largest absolute Gasteiger partial charge is 0.496 e. The molecule has 196 valence electrons. The fraction of sp³-hybridized carbons (Fsp3) is 0.304. The number of ether oxygens (including phenoxy) is 3. The van der Waals surface area contributed by atoms with Crippen molar-refractivity contribution >= 4 is 32.9 Å². The third-order valence-electron chi connectivity index (χ3n) is 5.47. The van der Waals surface area contributed by atoms with Gasteiger partial charge in [-0.15, -0.1) is 0 Å². The Labute approximate surface area is 212 Å². The van der Waals surface area contributed by atoms with Gasteiger partial charge in [-0.3, -0.25) is 9.40 Å². The maximum Gasteiger partial charge on any atom is 0.407 e. The lowest BCUT2D eigenvalue weighted by atomic mass is 10.1. The maximum absolute atomic E-state index is 13.2. The van der Waals surface area contributed by atoms with Gasteiger partial charge in [-0.2, -0.15) is 5.10 Å². The van der Waals surface area contributed by atoms with Crippen LogP contribution >= 0.6 is 0 Å². The maximum atomic E-state index is 13.2. The number of hydrogen-bond acceptors (Lipinski definition) is 10. The minimum Gasteiger partial charge on any atom is -0.496 e. The molecule has 3 aromatic heterocycles. The molecule has 0 aliphatic carbocycles. The Bertz CT molecular complexity index is 1530. The van der Waals surface area contributed by atoms with Crippen LogP contribution in [-0.2, 0) is 34.3 Å². The van der Waals surface area contributed by atoms with E-state index in [2.05, 4.69) is 30.0 Å². The molecular weight excluding hydrogens is 504 g/mol. The van der Waals surface area contributed by atoms with Crippen LogP contribution in [0.3, 0.4) is 0 Å². The van der Waals surface area contributed by atoms with Crippen molar-refractivity contribution in [3.05, 3.63) is 53.5 Å². The highest BCUT2D eigenvalue weighted by molar-refractivity contribution is 7.92. The molecule has 4 rings (SSSR count). The summed E-state index contributed by atoms with van der Waals surface area (Å²) in [6.45, 7) is 2.52. The van der Waals surface area contributed by atoms with Crippen LogP contribution in [0.1, 0.15) is 23.6 Å². The van der Waals surface area contributed by atoms with E-state index >= 15 is 0 Å². The van der Waals surface area contributed by atoms with Gasteiger partial charge in [0.05, 0.1) is 34.1 Å². The first-order valence-electron chi connectivity index (χ1n) is 11.1. The van der Waals surface area contributed by atoms with E-state index in [1.807, 2.05) is 6.92 Å². The Kier molecular flexibility index (Phi) is 7.47. The van der Waals surface area contributed by atoms with Gasteiger partial charge in [0, 0.05) is 24.5 Å². The normalized spacial score (nSPS) is 11.4. The van der Waals surface area contributed by atoms with Crippen molar-refractivity contribution in [2.75, 3.05) is 26.1 Å². The molecule has 2 N–H and O–H groups in total. The predicted octanol–water partition coefficient (Wildman–Crippen LogP) is 2.70. The third-order valence-corrected chi connectivity index (χ3v) is 6.80. The smallest absolute Gasteiger partial charge is 0.407 e. The zero-order chi connectivity index (χ0) is 26.6. The second kappa shape index (κ2) is 10.7. The molecule has 0 bridgehead atoms. The summed E-state index contributed by atoms with van der Waals surface area (Å²) in [6, 6.07) is 4.96. The summed E-state index contributed by atoms with van der Waals surface area (Å²) < 4.78 is 51.3. The zero-order valence-corrected chi connectivity index (χ0v) is 21.5. The number of aryl methyl sites for hydroxylation is 1. The Morgan fingerprint density at radius 2 is 1.89 bits per heavy atom. The molecule has 4 aromatic rings. The van der Waals surface area contributed by atoms with Crippen molar-refractivity contribution in [3.63, 3.8) is 0 Å². The molecule has 0 radical (unpaired) electrons. The van der Waals surface area contributed by atoms with Crippen molar-refractivity contribution < 1.29 is 31.9 Å². The lowest BCUT2D eigenvalue weighted by molar-refractivity contribution is 0.170. The van der Waals surface area contributed by atoms with Crippen LogP contribution in [0.5, 0.6) is 11.6 Å². The molecule has 0 spiro atoms. The van der Waals surface area contributed by atoms with Crippen molar-refractivity contribution in [1.82, 2.24) is 25.2 Å². The quantitative estimate of drug-likeness (QED) is 0.312. The lowest BCUT2D eigenvalue weighted by Crippen LogP contribution is -2.21. The van der Waals surface area contributed by atoms with Gasteiger partial charge in [-0.05, 0) is 35.7 Å². The van der Waals surface area contributed by atoms with Crippen molar-refractivity contribution in [1.29, 1.82) is 0 Å². The molecule has 0 fully saturated rings. The third kappa shape index (κ3) is 5.58. The molecule has 3 heterocycles. The fourth-order valence-electron chi connectivity index (χ4n) is 3.62. The van der Waals surface area contributed by atoms with Gasteiger partial charge in [0.25, 0.3) is 10.0 Å². The van der Waals surface area contributed by atoms with Crippen LogP contribution in [0.2, 0.25) is 0 Å². The number of hydrogen-bond donors (Lipinski definition) is 2. The van der Waals surface area contributed by atoms with E-state index in [9.17, 15) is 13.2 Å². The number of anilines is 1. The summed E-state index contributed by atoms with van der Waals surface area (Å²) >= 11 is 0. The number of carbonyl (C=O) groups excluding carboxylic acids is 1. The SMILES string of the molecule is CCc1cnc(OC)c(S(=O)(=O)Nc2noc3cc(Cn4cc(CNC(=O)OC)cn4)cc(OC)c23)c1. The molecule has 0 aliphatic heterocycles. The standard InChI is InChI=1S/C23H26N6O7S/c1-5-14-8-19(22(34-3)24-9-14)37(31,32)28-21-20-17(33-2)6-15(7-18(20)36-27-21)12-29-13-16(11-26-29)10-25-23(30)35-4/h6-9,11,13H,5,10,12H2,1-4H3,(H,25,30)(H,27,28). The first kappa shape index (κ1) is 25.8. The molecule has 0 aliphatic rings. The molecule has 1 amide bonds. The number of carbonyl (C=O) groups is 1. The van der Waals surface area contributed by atoms with Crippen molar-refractivity contribution in [2.45, 2.75) is 31.3 Å². The zero-order valence-electron chi connectivity index (χ0n) is 20.6. The van der Waals surface area contributed by atoms with Gasteiger partial charge in [-0.1, -0.05) is 12.1 Å². The van der Waals surface area contributed by atoms with Gasteiger partial charge in [0.2, 0.25) is 5.88 Å². The number of nitrogens with one attached hydrogen (secondary N) is 2. The summed E-state index contributed by atoms with van der Waals surface area (Å²) in [5.74, 6) is 0.295. The molecule has 0 unspecified atom stereocenters. The monoisotopic (exact) mass is 530 g/mol. The number of fused-ring (bicyclic) bond motifs is 1. The number of pyridine rings is 1. The van der Waals surface area contributed by atoms with Crippen LogP contribution in [0, 0.1) is 0 Å². The van der Waals surface area contributed by atoms with E-state index < -0.39 is 16.1 Å². The number of aromatic nitrogens is 4. The van der Waals surface area contributed by atoms with Crippen molar-refractivity contribution in [3.8, 4) is 11.6 Å². The average Bonchev–Trinajstić information content (AvgIpc) is 3.52. The Hall–Kier alpha value is -4.33. The Morgan fingerprint density at radius 3 is 2.59 bits per heavy atom. The number of sulfonamides is 1. The minimum atomic E-state index is -4.11. The van der Waals surface area contributed by atoms with Gasteiger partial charge in [0.15, 0.2) is 11.4 Å². The molecule has 0 atom stereocenters. The molecule has 0 saturated heterocycles. The van der Waals surface area contributed by atoms with E-state index in [1.165, 1.54) is 27.4 Å². The summed E-state index contributed by atoms with van der Waals surface area (Å²) in [7, 11) is -0.00863. The van der Waals surface area contributed by atoms with Gasteiger partial charge < -0.3 is 24.1 Å². The van der Waals surface area contributed by atoms with Gasteiger partial charge >= 0.3 is 6.09 Å². The second-order valence-corrected chi connectivity index (χ2v) is 9.55. The Morgan fingerprint density at radius 1 is 1.08 bits per heavy atom. The number of methoxy groups -OCH3 is 3. The van der Waals surface area contributed by atoms with E-state index in [-0.39, 0.29) is 23.1 Å². The highest BCUT2D eigenvalue weighted by Gasteiger charge is 2.25. The summed E-state index contributed by atoms with van der Waals surface area (Å²) in [5.41, 5.74) is 2.61. The van der Waals surface area contributed by atoms with Crippen LogP contribution in [-0.4, -0.2) is 55.8 Å². The van der Waals surface area contributed by atoms with Gasteiger partial charge in [0.1, 0.15) is 16.0 Å². The molecule has 13 nitrogen and oxygen atoms in total. The summed E-state index contributed by atoms with van der Waals surface area (Å²) in [4.78, 5) is 15.2. The van der Waals surface area contributed by atoms with Crippen LogP contribution in [0.4, 0.5) is 10.6 Å². The molecule has 37 heavy (non-hydrogen) atoms. The highest BCUT2D eigenvalue weighted by atomic mass is 32.2. The van der Waals surface area contributed by atoms with E-state index in [1.54, 1.807) is 35.4 Å². The van der Waals surface area contributed by atoms with Crippen molar-refractivity contribution in [2.24, 2.45) is 0 Å². The number of rotatable bonds is 10. The first-order valence-corrected chi connectivity index (χ1v) is 12.6. The second-order valence-electron chi connectivity index (χ2n) is 7.90. The topological polar surface area (TPSA) is 160 Å². The summed E-state index contributed by atoms with van der Waals surface area (Å²) in [5, 5.41) is 11.2. The summed E-state index contributed by atoms with van der Waals surface area (Å²) in [6.07, 6.45) is 5.03. The Balaban J connectivity index is 1.60. The first-order chi connectivity index (χ1) is 17.8. The predicted molar refractivity (Wildman–Crippen MR) is 132 cm³/mol. The number of benzene rings is 1. The van der Waals surface area contributed by atoms with E-state index in [0.29, 0.717) is 29.7 Å². The highest BCUT2D eigenvalue weighted by Crippen LogP contribution is 2.35. The molecular formula is C23H26N6O7S. The van der Waals surface area contributed by atoms with Gasteiger partial charge in [-0.25, -0.2) is 18.2 Å². The molecule has 1 aromatic carbocycles. The molecule has 0 saturated carbocycles. The minimum absolute atomic E-state index is 0.0300. The number of alkyl carbamates (subject to hydrolysis) is 1. The van der Waals surface area contributed by atoms with Crippen LogP contribution in [0.15, 0.2) is 46.2 Å². The lowest BCUT2D eigenvalue weighted by Gasteiger charge is -2.11. The fourth-order valence-corrected chi connectivity index (χ4v) is 4.80. The number of nitrogens with zero attached hydrogens (tertiary/aromatic N) is 4. The van der Waals surface area contributed by atoms with E-state index in [4.69, 9.17) is 14.0 Å². The molecule has 14 heteroatoms. The van der Waals surface area contributed by atoms with E-state index in [0.717, 1.165) is 16.7 Å². The number of amides is 1. The van der Waals surface area contributed by atoms with Crippen LogP contribution in [0.25, 0.3) is 11.0 Å². The average molecular weight is 531 g/mol.